The molecule has 1 N–H and O–H groups in total. The van der Waals surface area contributed by atoms with Gasteiger partial charge >= 0.3 is 6.18 Å². The Labute approximate surface area is 110 Å². The molecule has 0 atom stereocenters. The molecule has 100 valence electrons. The number of rotatable bonds is 3. The van der Waals surface area contributed by atoms with Gasteiger partial charge in [-0.05, 0) is 30.2 Å². The predicted octanol–water partition coefficient (Wildman–Crippen LogP) is 4.63. The van der Waals surface area contributed by atoms with Crippen LogP contribution in [0.1, 0.15) is 16.7 Å². The van der Waals surface area contributed by atoms with Crippen LogP contribution in [0.15, 0.2) is 48.5 Å². The molecule has 4 heteroatoms. The number of halogens is 3. The van der Waals surface area contributed by atoms with Crippen LogP contribution in [0.25, 0.3) is 0 Å². The van der Waals surface area contributed by atoms with E-state index in [-0.39, 0.29) is 5.56 Å². The summed E-state index contributed by atoms with van der Waals surface area (Å²) in [7, 11) is 0. The van der Waals surface area contributed by atoms with Gasteiger partial charge in [0, 0.05) is 12.2 Å². The second-order valence-corrected chi connectivity index (χ2v) is 4.37. The lowest BCUT2D eigenvalue weighted by Gasteiger charge is -2.13. The van der Waals surface area contributed by atoms with Crippen molar-refractivity contribution >= 4 is 5.69 Å². The molecule has 0 fully saturated rings. The Bertz CT molecular complexity index is 547. The molecule has 2 rings (SSSR count). The molecule has 0 aliphatic carbocycles. The molecule has 0 aliphatic heterocycles. The molecule has 0 aliphatic rings. The van der Waals surface area contributed by atoms with Gasteiger partial charge in [-0.25, -0.2) is 0 Å². The van der Waals surface area contributed by atoms with Crippen molar-refractivity contribution in [3.05, 3.63) is 65.2 Å². The number of aryl methyl sites for hydroxylation is 1. The smallest absolute Gasteiger partial charge is 0.381 e. The highest BCUT2D eigenvalue weighted by Gasteiger charge is 2.32. The summed E-state index contributed by atoms with van der Waals surface area (Å²) < 4.78 is 38.3. The summed E-state index contributed by atoms with van der Waals surface area (Å²) in [6.07, 6.45) is -4.31. The highest BCUT2D eigenvalue weighted by atomic mass is 19.4. The molecular formula is C15H14F3N. The topological polar surface area (TPSA) is 12.0 Å². The zero-order chi connectivity index (χ0) is 13.9. The SMILES string of the molecule is Cc1ccc(NCc2ccccc2)cc1C(F)(F)F. The summed E-state index contributed by atoms with van der Waals surface area (Å²) in [6.45, 7) is 1.96. The van der Waals surface area contributed by atoms with Crippen LogP contribution in [0.4, 0.5) is 18.9 Å². The Hall–Kier alpha value is -1.97. The zero-order valence-electron chi connectivity index (χ0n) is 10.5. The first-order valence-electron chi connectivity index (χ1n) is 5.92. The Morgan fingerprint density at radius 1 is 1.00 bits per heavy atom. The Morgan fingerprint density at radius 2 is 1.68 bits per heavy atom. The lowest BCUT2D eigenvalue weighted by Crippen LogP contribution is -2.08. The fraction of sp³-hybridized carbons (Fsp3) is 0.200. The summed E-state index contributed by atoms with van der Waals surface area (Å²) in [6, 6.07) is 13.8. The van der Waals surface area contributed by atoms with Crippen molar-refractivity contribution in [3.8, 4) is 0 Å². The average molecular weight is 265 g/mol. The lowest BCUT2D eigenvalue weighted by atomic mass is 10.1. The molecule has 2 aromatic carbocycles. The van der Waals surface area contributed by atoms with Crippen molar-refractivity contribution in [2.75, 3.05) is 5.32 Å². The van der Waals surface area contributed by atoms with Crippen LogP contribution >= 0.6 is 0 Å². The number of nitrogens with one attached hydrogen (secondary N) is 1. The van der Waals surface area contributed by atoms with E-state index in [2.05, 4.69) is 5.32 Å². The normalized spacial score (nSPS) is 11.4. The van der Waals surface area contributed by atoms with Gasteiger partial charge in [-0.1, -0.05) is 36.4 Å². The summed E-state index contributed by atoms with van der Waals surface area (Å²) in [5, 5.41) is 3.00. The number of benzene rings is 2. The van der Waals surface area contributed by atoms with E-state index in [4.69, 9.17) is 0 Å². The third kappa shape index (κ3) is 3.50. The maximum absolute atomic E-state index is 12.8. The second kappa shape index (κ2) is 5.34. The van der Waals surface area contributed by atoms with Gasteiger partial charge in [0.15, 0.2) is 0 Å². The molecule has 2 aromatic rings. The summed E-state index contributed by atoms with van der Waals surface area (Å²) in [5.74, 6) is 0. The van der Waals surface area contributed by atoms with Crippen molar-refractivity contribution in [2.24, 2.45) is 0 Å². The number of hydrogen-bond donors (Lipinski definition) is 1. The Balaban J connectivity index is 2.14. The molecule has 19 heavy (non-hydrogen) atoms. The van der Waals surface area contributed by atoms with Gasteiger partial charge in [0.1, 0.15) is 0 Å². The van der Waals surface area contributed by atoms with E-state index in [0.29, 0.717) is 12.2 Å². The Kier molecular flexibility index (Phi) is 3.79. The molecule has 0 amide bonds. The minimum atomic E-state index is -4.31. The molecule has 0 saturated heterocycles. The standard InChI is InChI=1S/C15H14F3N/c1-11-7-8-13(9-14(11)15(16,17)18)19-10-12-5-3-2-4-6-12/h2-9,19H,10H2,1H3. The highest BCUT2D eigenvalue weighted by Crippen LogP contribution is 2.33. The van der Waals surface area contributed by atoms with Crippen molar-refractivity contribution in [1.29, 1.82) is 0 Å². The first kappa shape index (κ1) is 13.5. The molecule has 1 nitrogen and oxygen atoms in total. The quantitative estimate of drug-likeness (QED) is 0.853. The van der Waals surface area contributed by atoms with E-state index in [1.807, 2.05) is 30.3 Å². The van der Waals surface area contributed by atoms with Crippen LogP contribution in [-0.4, -0.2) is 0 Å². The summed E-state index contributed by atoms with van der Waals surface area (Å²) in [4.78, 5) is 0. The van der Waals surface area contributed by atoms with Gasteiger partial charge in [0.25, 0.3) is 0 Å². The molecule has 0 bridgehead atoms. The third-order valence-electron chi connectivity index (χ3n) is 2.88. The fourth-order valence-corrected chi connectivity index (χ4v) is 1.84. The molecule has 0 saturated carbocycles. The van der Waals surface area contributed by atoms with E-state index in [0.717, 1.165) is 11.6 Å². The second-order valence-electron chi connectivity index (χ2n) is 4.37. The lowest BCUT2D eigenvalue weighted by molar-refractivity contribution is -0.138. The molecule has 0 aromatic heterocycles. The molecule has 0 heterocycles. The van der Waals surface area contributed by atoms with E-state index < -0.39 is 11.7 Å². The van der Waals surface area contributed by atoms with Gasteiger partial charge in [0.2, 0.25) is 0 Å². The van der Waals surface area contributed by atoms with Crippen molar-refractivity contribution in [1.82, 2.24) is 0 Å². The molecule has 0 spiro atoms. The van der Waals surface area contributed by atoms with Crippen molar-refractivity contribution in [2.45, 2.75) is 19.6 Å². The van der Waals surface area contributed by atoms with Crippen LogP contribution < -0.4 is 5.32 Å². The van der Waals surface area contributed by atoms with Crippen LogP contribution in [0, 0.1) is 6.92 Å². The van der Waals surface area contributed by atoms with Gasteiger partial charge in [-0.3, -0.25) is 0 Å². The summed E-state index contributed by atoms with van der Waals surface area (Å²) >= 11 is 0. The van der Waals surface area contributed by atoms with Gasteiger partial charge in [-0.15, -0.1) is 0 Å². The number of hydrogen-bond acceptors (Lipinski definition) is 1. The largest absolute Gasteiger partial charge is 0.416 e. The van der Waals surface area contributed by atoms with E-state index >= 15 is 0 Å². The van der Waals surface area contributed by atoms with Gasteiger partial charge in [-0.2, -0.15) is 13.2 Å². The van der Waals surface area contributed by atoms with Crippen molar-refractivity contribution < 1.29 is 13.2 Å². The van der Waals surface area contributed by atoms with E-state index in [1.165, 1.54) is 13.0 Å². The van der Waals surface area contributed by atoms with Crippen LogP contribution in [0.3, 0.4) is 0 Å². The number of anilines is 1. The predicted molar refractivity (Wildman–Crippen MR) is 69.9 cm³/mol. The van der Waals surface area contributed by atoms with Crippen molar-refractivity contribution in [3.63, 3.8) is 0 Å². The molecular weight excluding hydrogens is 251 g/mol. The maximum atomic E-state index is 12.8. The minimum absolute atomic E-state index is 0.234. The summed E-state index contributed by atoms with van der Waals surface area (Å²) in [5.41, 5.74) is 1.14. The van der Waals surface area contributed by atoms with Crippen LogP contribution in [0.5, 0.6) is 0 Å². The van der Waals surface area contributed by atoms with E-state index in [9.17, 15) is 13.2 Å². The fourth-order valence-electron chi connectivity index (χ4n) is 1.84. The maximum Gasteiger partial charge on any atom is 0.416 e. The van der Waals surface area contributed by atoms with Gasteiger partial charge in [0.05, 0.1) is 5.56 Å². The van der Waals surface area contributed by atoms with Gasteiger partial charge < -0.3 is 5.32 Å². The third-order valence-corrected chi connectivity index (χ3v) is 2.88. The monoisotopic (exact) mass is 265 g/mol. The average Bonchev–Trinajstić information content (AvgIpc) is 2.37. The highest BCUT2D eigenvalue weighted by molar-refractivity contribution is 5.49. The first-order valence-corrected chi connectivity index (χ1v) is 5.92. The van der Waals surface area contributed by atoms with Crippen LogP contribution in [-0.2, 0) is 12.7 Å². The molecule has 0 unspecified atom stereocenters. The zero-order valence-corrected chi connectivity index (χ0v) is 10.5. The minimum Gasteiger partial charge on any atom is -0.381 e. The Morgan fingerprint density at radius 3 is 2.32 bits per heavy atom. The van der Waals surface area contributed by atoms with E-state index in [1.54, 1.807) is 6.07 Å². The van der Waals surface area contributed by atoms with Crippen LogP contribution in [0.2, 0.25) is 0 Å². The first-order chi connectivity index (χ1) is 8.97. The number of alkyl halides is 3. The molecule has 0 radical (unpaired) electrons.